The Balaban J connectivity index is 1.46. The molecule has 1 aromatic carbocycles. The zero-order valence-corrected chi connectivity index (χ0v) is 23.6. The van der Waals surface area contributed by atoms with E-state index in [9.17, 15) is 9.90 Å². The number of benzene rings is 1. The Bertz CT molecular complexity index is 1380. The molecule has 3 aliphatic rings. The van der Waals surface area contributed by atoms with Crippen molar-refractivity contribution in [3.05, 3.63) is 47.5 Å². The first kappa shape index (κ1) is 26.8. The van der Waals surface area contributed by atoms with E-state index in [0.29, 0.717) is 35.1 Å². The Morgan fingerprint density at radius 2 is 1.73 bits per heavy atom. The molecule has 7 heteroatoms. The maximum absolute atomic E-state index is 12.1. The number of nitrogens with one attached hydrogen (secondary N) is 1. The van der Waals surface area contributed by atoms with Gasteiger partial charge < -0.3 is 15.0 Å². The minimum Gasteiger partial charge on any atom is -0.475 e. The summed E-state index contributed by atoms with van der Waals surface area (Å²) < 4.78 is 2.38. The molecular formula is C33H41N5O2. The third kappa shape index (κ3) is 5.33. The highest BCUT2D eigenvalue weighted by Gasteiger charge is 2.35. The fraction of sp³-hybridized carbons (Fsp3) is 0.576. The fourth-order valence-electron chi connectivity index (χ4n) is 7.30. The third-order valence-electron chi connectivity index (χ3n) is 9.89. The van der Waals surface area contributed by atoms with Crippen LogP contribution in [0.5, 0.6) is 0 Å². The van der Waals surface area contributed by atoms with Gasteiger partial charge in [0.05, 0.1) is 0 Å². The second kappa shape index (κ2) is 11.6. The van der Waals surface area contributed by atoms with Gasteiger partial charge >= 0.3 is 5.97 Å². The van der Waals surface area contributed by atoms with E-state index in [4.69, 9.17) is 11.4 Å². The van der Waals surface area contributed by atoms with Gasteiger partial charge in [0.1, 0.15) is 11.3 Å². The van der Waals surface area contributed by atoms with Crippen molar-refractivity contribution < 1.29 is 9.90 Å². The first-order chi connectivity index (χ1) is 19.5. The number of carboxylic acid groups (broad SMARTS) is 1. The Morgan fingerprint density at radius 3 is 2.38 bits per heavy atom. The quantitative estimate of drug-likeness (QED) is 0.299. The van der Waals surface area contributed by atoms with Crippen molar-refractivity contribution in [2.45, 2.75) is 102 Å². The van der Waals surface area contributed by atoms with Crippen molar-refractivity contribution in [1.29, 1.82) is 0 Å². The molecule has 6 rings (SSSR count). The van der Waals surface area contributed by atoms with Crippen LogP contribution in [0, 0.1) is 30.1 Å². The summed E-state index contributed by atoms with van der Waals surface area (Å²) in [5.74, 6) is 5.38. The third-order valence-corrected chi connectivity index (χ3v) is 9.89. The van der Waals surface area contributed by atoms with Crippen molar-refractivity contribution in [1.82, 2.24) is 19.5 Å². The normalized spacial score (nSPS) is 26.1. The molecule has 0 bridgehead atoms. The monoisotopic (exact) mass is 539 g/mol. The van der Waals surface area contributed by atoms with Crippen LogP contribution in [-0.2, 0) is 6.54 Å². The lowest BCUT2D eigenvalue weighted by Gasteiger charge is -2.34. The maximum atomic E-state index is 12.1. The summed E-state index contributed by atoms with van der Waals surface area (Å²) in [7, 11) is 0. The van der Waals surface area contributed by atoms with Crippen LogP contribution in [0.25, 0.3) is 11.2 Å². The molecule has 0 aliphatic heterocycles. The largest absolute Gasteiger partial charge is 0.475 e. The number of hydrogen-bond acceptors (Lipinski definition) is 5. The molecule has 3 aromatic rings. The van der Waals surface area contributed by atoms with Crippen LogP contribution in [-0.4, -0.2) is 36.6 Å². The highest BCUT2D eigenvalue weighted by Crippen LogP contribution is 2.45. The SMILES string of the molecule is C#C[C@H]1CC[C@H](Cn2c(C3CCCCC3c3ccccc3)nc3nc(C(=O)O)nc(N[C@H](C)C4CCC4)c32)CC1. The number of carboxylic acids is 1. The standard InChI is InChI=1S/C33H41N5O2/c1-3-22-16-18-23(19-17-22)20-38-28-29(34-21(2)24-12-9-13-24)35-31(33(39)40)36-30(28)37-32(38)27-15-8-7-14-26(27)25-10-5-4-6-11-25/h1,4-6,10-11,21-24,26-27H,7-9,12-20H2,2H3,(H,39,40)(H,34,35,36)/t21-,22-,23-,26?,27?/m1/s1. The van der Waals surface area contributed by atoms with Crippen molar-refractivity contribution in [2.75, 3.05) is 5.32 Å². The van der Waals surface area contributed by atoms with Gasteiger partial charge in [-0.2, -0.15) is 0 Å². The van der Waals surface area contributed by atoms with E-state index in [2.05, 4.69) is 63.0 Å². The second-order valence-electron chi connectivity index (χ2n) is 12.4. The van der Waals surface area contributed by atoms with Crippen molar-refractivity contribution in [2.24, 2.45) is 17.8 Å². The molecule has 2 unspecified atom stereocenters. The second-order valence-corrected chi connectivity index (χ2v) is 12.4. The molecule has 210 valence electrons. The van der Waals surface area contributed by atoms with Gasteiger partial charge in [-0.1, -0.05) is 49.6 Å². The molecule has 2 N–H and O–H groups in total. The molecular weight excluding hydrogens is 498 g/mol. The first-order valence-corrected chi connectivity index (χ1v) is 15.3. The summed E-state index contributed by atoms with van der Waals surface area (Å²) >= 11 is 0. The predicted octanol–water partition coefficient (Wildman–Crippen LogP) is 7.01. The molecule has 0 radical (unpaired) electrons. The van der Waals surface area contributed by atoms with E-state index in [1.54, 1.807) is 0 Å². The lowest BCUT2D eigenvalue weighted by Crippen LogP contribution is -2.31. The summed E-state index contributed by atoms with van der Waals surface area (Å²) in [6, 6.07) is 11.0. The molecule has 2 heterocycles. The summed E-state index contributed by atoms with van der Waals surface area (Å²) in [5, 5.41) is 13.5. The van der Waals surface area contributed by atoms with E-state index in [1.807, 2.05) is 0 Å². The van der Waals surface area contributed by atoms with Crippen LogP contribution in [0.2, 0.25) is 0 Å². The Labute approximate surface area is 237 Å². The summed E-state index contributed by atoms with van der Waals surface area (Å²) in [4.78, 5) is 26.4. The number of imidazole rings is 1. The molecule has 7 nitrogen and oxygen atoms in total. The van der Waals surface area contributed by atoms with Gasteiger partial charge in [-0.15, -0.1) is 12.3 Å². The predicted molar refractivity (Wildman–Crippen MR) is 157 cm³/mol. The Kier molecular flexibility index (Phi) is 7.78. The van der Waals surface area contributed by atoms with Gasteiger partial charge in [0.15, 0.2) is 11.5 Å². The first-order valence-electron chi connectivity index (χ1n) is 15.3. The minimum atomic E-state index is -1.12. The average molecular weight is 540 g/mol. The topological polar surface area (TPSA) is 92.9 Å². The van der Waals surface area contributed by atoms with Gasteiger partial charge in [0.2, 0.25) is 5.82 Å². The highest BCUT2D eigenvalue weighted by molar-refractivity contribution is 5.90. The number of carbonyl (C=O) groups is 1. The summed E-state index contributed by atoms with van der Waals surface area (Å²) in [5.41, 5.74) is 2.72. The van der Waals surface area contributed by atoms with E-state index < -0.39 is 5.97 Å². The van der Waals surface area contributed by atoms with Crippen molar-refractivity contribution in [3.8, 4) is 12.3 Å². The molecule has 2 aromatic heterocycles. The van der Waals surface area contributed by atoms with Crippen molar-refractivity contribution >= 4 is 23.0 Å². The highest BCUT2D eigenvalue weighted by atomic mass is 16.4. The smallest absolute Gasteiger partial charge is 0.374 e. The average Bonchev–Trinajstić information content (AvgIpc) is 3.31. The van der Waals surface area contributed by atoms with E-state index in [-0.39, 0.29) is 17.8 Å². The number of nitrogens with zero attached hydrogens (tertiary/aromatic N) is 4. The lowest BCUT2D eigenvalue weighted by molar-refractivity contribution is 0.0684. The lowest BCUT2D eigenvalue weighted by atomic mass is 9.75. The number of anilines is 1. The maximum Gasteiger partial charge on any atom is 0.374 e. The molecule has 3 fully saturated rings. The van der Waals surface area contributed by atoms with Crippen LogP contribution in [0.1, 0.15) is 111 Å². The van der Waals surface area contributed by atoms with Crippen LogP contribution in [0.4, 0.5) is 5.82 Å². The van der Waals surface area contributed by atoms with Gasteiger partial charge in [-0.25, -0.2) is 19.7 Å². The molecule has 3 saturated carbocycles. The van der Waals surface area contributed by atoms with E-state index >= 15 is 0 Å². The summed E-state index contributed by atoms with van der Waals surface area (Å²) in [6.45, 7) is 3.02. The van der Waals surface area contributed by atoms with Crippen molar-refractivity contribution in [3.63, 3.8) is 0 Å². The number of terminal acetylenes is 1. The zero-order chi connectivity index (χ0) is 27.6. The minimum absolute atomic E-state index is 0.190. The van der Waals surface area contributed by atoms with Gasteiger partial charge in [-0.05, 0) is 81.6 Å². The number of rotatable bonds is 8. The van der Waals surface area contributed by atoms with Crippen LogP contribution in [0.15, 0.2) is 30.3 Å². The summed E-state index contributed by atoms with van der Waals surface area (Å²) in [6.07, 6.45) is 18.3. The molecule has 0 spiro atoms. The molecule has 3 aliphatic carbocycles. The fourth-order valence-corrected chi connectivity index (χ4v) is 7.30. The Hall–Kier alpha value is -3.40. The number of aromatic carboxylic acids is 1. The van der Waals surface area contributed by atoms with Gasteiger partial charge in [-0.3, -0.25) is 0 Å². The van der Waals surface area contributed by atoms with Gasteiger partial charge in [0.25, 0.3) is 0 Å². The van der Waals surface area contributed by atoms with Crippen LogP contribution < -0.4 is 5.32 Å². The van der Waals surface area contributed by atoms with E-state index in [1.165, 1.54) is 37.7 Å². The number of fused-ring (bicyclic) bond motifs is 1. The van der Waals surface area contributed by atoms with Crippen LogP contribution in [0.3, 0.4) is 0 Å². The van der Waals surface area contributed by atoms with Crippen LogP contribution >= 0.6 is 0 Å². The molecule has 40 heavy (non-hydrogen) atoms. The Morgan fingerprint density at radius 1 is 1.00 bits per heavy atom. The zero-order valence-electron chi connectivity index (χ0n) is 23.6. The number of aromatic nitrogens is 4. The molecule has 0 saturated heterocycles. The van der Waals surface area contributed by atoms with Gasteiger partial charge in [0, 0.05) is 24.4 Å². The molecule has 0 amide bonds. The number of hydrogen-bond donors (Lipinski definition) is 2. The molecule has 3 atom stereocenters. The van der Waals surface area contributed by atoms with E-state index in [0.717, 1.165) is 56.4 Å².